The van der Waals surface area contributed by atoms with Crippen molar-refractivity contribution in [2.24, 2.45) is 0 Å². The molecule has 0 fully saturated rings. The molecule has 1 unspecified atom stereocenters. The molecule has 0 aliphatic heterocycles. The monoisotopic (exact) mass is 308 g/mol. The SMILES string of the molecule is CC(NC(=O)c1ccc(N)c(Cl)c1)c1ccc(Cl)cc1. The lowest BCUT2D eigenvalue weighted by molar-refractivity contribution is 0.0940. The maximum Gasteiger partial charge on any atom is 0.251 e. The molecule has 0 radical (unpaired) electrons. The van der Waals surface area contributed by atoms with Gasteiger partial charge in [0.1, 0.15) is 0 Å². The Bertz CT molecular complexity index is 626. The summed E-state index contributed by atoms with van der Waals surface area (Å²) in [4.78, 5) is 12.1. The third-order valence-electron chi connectivity index (χ3n) is 2.98. The van der Waals surface area contributed by atoms with Crippen molar-refractivity contribution >= 4 is 34.8 Å². The second-order valence-electron chi connectivity index (χ2n) is 4.48. The Kier molecular flexibility index (Phi) is 4.53. The Balaban J connectivity index is 2.10. The number of nitrogens with one attached hydrogen (secondary N) is 1. The molecule has 2 rings (SSSR count). The third kappa shape index (κ3) is 3.44. The predicted molar refractivity (Wildman–Crippen MR) is 83.2 cm³/mol. The molecular formula is C15H14Cl2N2O. The molecule has 0 aromatic heterocycles. The topological polar surface area (TPSA) is 55.1 Å². The summed E-state index contributed by atoms with van der Waals surface area (Å²) in [6, 6.07) is 12.0. The van der Waals surface area contributed by atoms with Gasteiger partial charge in [-0.2, -0.15) is 0 Å². The number of anilines is 1. The first-order chi connectivity index (χ1) is 9.47. The first-order valence-corrected chi connectivity index (χ1v) is 6.84. The number of carbonyl (C=O) groups excluding carboxylic acids is 1. The highest BCUT2D eigenvalue weighted by molar-refractivity contribution is 6.33. The molecule has 0 spiro atoms. The molecule has 0 bridgehead atoms. The van der Waals surface area contributed by atoms with E-state index in [-0.39, 0.29) is 11.9 Å². The van der Waals surface area contributed by atoms with Crippen LogP contribution in [0.2, 0.25) is 10.0 Å². The second-order valence-corrected chi connectivity index (χ2v) is 5.33. The van der Waals surface area contributed by atoms with Crippen molar-refractivity contribution < 1.29 is 4.79 Å². The van der Waals surface area contributed by atoms with Gasteiger partial charge in [0, 0.05) is 10.6 Å². The van der Waals surface area contributed by atoms with Crippen molar-refractivity contribution in [1.29, 1.82) is 0 Å². The van der Waals surface area contributed by atoms with E-state index >= 15 is 0 Å². The normalized spacial score (nSPS) is 11.9. The lowest BCUT2D eigenvalue weighted by Gasteiger charge is -2.14. The zero-order chi connectivity index (χ0) is 14.7. The van der Waals surface area contributed by atoms with Crippen LogP contribution >= 0.6 is 23.2 Å². The van der Waals surface area contributed by atoms with Crippen LogP contribution in [0, 0.1) is 0 Å². The minimum atomic E-state index is -0.200. The predicted octanol–water partition coefficient (Wildman–Crippen LogP) is 4.07. The van der Waals surface area contributed by atoms with Crippen LogP contribution in [0.5, 0.6) is 0 Å². The first kappa shape index (κ1) is 14.7. The van der Waals surface area contributed by atoms with E-state index in [0.717, 1.165) is 5.56 Å². The van der Waals surface area contributed by atoms with Gasteiger partial charge in [-0.05, 0) is 42.8 Å². The van der Waals surface area contributed by atoms with Gasteiger partial charge in [-0.25, -0.2) is 0 Å². The fourth-order valence-electron chi connectivity index (χ4n) is 1.78. The van der Waals surface area contributed by atoms with Crippen LogP contribution in [0.4, 0.5) is 5.69 Å². The largest absolute Gasteiger partial charge is 0.398 e. The highest BCUT2D eigenvalue weighted by Gasteiger charge is 2.12. The van der Waals surface area contributed by atoms with Crippen LogP contribution in [0.1, 0.15) is 28.9 Å². The standard InChI is InChI=1S/C15H14Cl2N2O/c1-9(10-2-5-12(16)6-3-10)19-15(20)11-4-7-14(18)13(17)8-11/h2-9H,18H2,1H3,(H,19,20). The molecule has 2 aromatic rings. The zero-order valence-electron chi connectivity index (χ0n) is 10.9. The summed E-state index contributed by atoms with van der Waals surface area (Å²) in [5.74, 6) is -0.200. The fraction of sp³-hybridized carbons (Fsp3) is 0.133. The molecular weight excluding hydrogens is 295 g/mol. The average molecular weight is 309 g/mol. The van der Waals surface area contributed by atoms with Crippen LogP contribution in [-0.2, 0) is 0 Å². The summed E-state index contributed by atoms with van der Waals surface area (Å²) >= 11 is 11.7. The molecule has 0 aliphatic rings. The molecule has 1 atom stereocenters. The van der Waals surface area contributed by atoms with Crippen molar-refractivity contribution in [2.45, 2.75) is 13.0 Å². The Morgan fingerprint density at radius 2 is 1.80 bits per heavy atom. The third-order valence-corrected chi connectivity index (χ3v) is 3.56. The Hall–Kier alpha value is -1.71. The fourth-order valence-corrected chi connectivity index (χ4v) is 2.09. The number of halogens is 2. The van der Waals surface area contributed by atoms with Gasteiger partial charge >= 0.3 is 0 Å². The number of hydrogen-bond acceptors (Lipinski definition) is 2. The number of carbonyl (C=O) groups is 1. The Morgan fingerprint density at radius 1 is 1.15 bits per heavy atom. The summed E-state index contributed by atoms with van der Waals surface area (Å²) < 4.78 is 0. The molecule has 0 saturated heterocycles. The van der Waals surface area contributed by atoms with Crippen LogP contribution in [0.3, 0.4) is 0 Å². The number of rotatable bonds is 3. The van der Waals surface area contributed by atoms with E-state index in [0.29, 0.717) is 21.3 Å². The van der Waals surface area contributed by atoms with E-state index in [2.05, 4.69) is 5.32 Å². The van der Waals surface area contributed by atoms with E-state index in [4.69, 9.17) is 28.9 Å². The molecule has 3 nitrogen and oxygen atoms in total. The van der Waals surface area contributed by atoms with Gasteiger partial charge in [0.05, 0.1) is 16.8 Å². The first-order valence-electron chi connectivity index (χ1n) is 6.08. The molecule has 0 heterocycles. The van der Waals surface area contributed by atoms with Gasteiger partial charge in [-0.15, -0.1) is 0 Å². The van der Waals surface area contributed by atoms with Crippen molar-refractivity contribution in [3.05, 3.63) is 63.6 Å². The molecule has 0 aliphatic carbocycles. The minimum absolute atomic E-state index is 0.129. The molecule has 104 valence electrons. The van der Waals surface area contributed by atoms with Crippen LogP contribution in [0.25, 0.3) is 0 Å². The molecule has 1 amide bonds. The average Bonchev–Trinajstić information content (AvgIpc) is 2.42. The summed E-state index contributed by atoms with van der Waals surface area (Å²) in [6.45, 7) is 1.90. The molecule has 2 aromatic carbocycles. The van der Waals surface area contributed by atoms with E-state index < -0.39 is 0 Å². The maximum atomic E-state index is 12.1. The lowest BCUT2D eigenvalue weighted by atomic mass is 10.1. The van der Waals surface area contributed by atoms with Crippen LogP contribution < -0.4 is 11.1 Å². The van der Waals surface area contributed by atoms with E-state index in [9.17, 15) is 4.79 Å². The van der Waals surface area contributed by atoms with Crippen LogP contribution in [0.15, 0.2) is 42.5 Å². The second kappa shape index (κ2) is 6.16. The van der Waals surface area contributed by atoms with Gasteiger partial charge in [-0.3, -0.25) is 4.79 Å². The summed E-state index contributed by atoms with van der Waals surface area (Å²) in [5.41, 5.74) is 7.52. The zero-order valence-corrected chi connectivity index (χ0v) is 12.4. The van der Waals surface area contributed by atoms with Gasteiger partial charge in [0.15, 0.2) is 0 Å². The van der Waals surface area contributed by atoms with Crippen molar-refractivity contribution in [2.75, 3.05) is 5.73 Å². The van der Waals surface area contributed by atoms with E-state index in [1.165, 1.54) is 0 Å². The van der Waals surface area contributed by atoms with Gasteiger partial charge < -0.3 is 11.1 Å². The van der Waals surface area contributed by atoms with E-state index in [1.54, 1.807) is 30.3 Å². The summed E-state index contributed by atoms with van der Waals surface area (Å²) in [7, 11) is 0. The Labute approximate surface area is 127 Å². The maximum absolute atomic E-state index is 12.1. The minimum Gasteiger partial charge on any atom is -0.398 e. The summed E-state index contributed by atoms with van der Waals surface area (Å²) in [5, 5.41) is 3.93. The lowest BCUT2D eigenvalue weighted by Crippen LogP contribution is -2.26. The van der Waals surface area contributed by atoms with Crippen molar-refractivity contribution in [3.63, 3.8) is 0 Å². The number of benzene rings is 2. The van der Waals surface area contributed by atoms with Crippen molar-refractivity contribution in [1.82, 2.24) is 5.32 Å². The van der Waals surface area contributed by atoms with Gasteiger partial charge in [0.25, 0.3) is 5.91 Å². The number of nitrogen functional groups attached to an aromatic ring is 1. The van der Waals surface area contributed by atoms with Gasteiger partial charge in [0.2, 0.25) is 0 Å². The quantitative estimate of drug-likeness (QED) is 0.840. The van der Waals surface area contributed by atoms with E-state index in [1.807, 2.05) is 19.1 Å². The molecule has 20 heavy (non-hydrogen) atoms. The molecule has 5 heteroatoms. The molecule has 3 N–H and O–H groups in total. The van der Waals surface area contributed by atoms with Crippen LogP contribution in [-0.4, -0.2) is 5.91 Å². The molecule has 0 saturated carbocycles. The smallest absolute Gasteiger partial charge is 0.251 e. The van der Waals surface area contributed by atoms with Gasteiger partial charge in [-0.1, -0.05) is 35.3 Å². The summed E-state index contributed by atoms with van der Waals surface area (Å²) in [6.07, 6.45) is 0. The number of amides is 1. The number of nitrogens with two attached hydrogens (primary N) is 1. The highest BCUT2D eigenvalue weighted by atomic mass is 35.5. The highest BCUT2D eigenvalue weighted by Crippen LogP contribution is 2.21. The van der Waals surface area contributed by atoms with Crippen molar-refractivity contribution in [3.8, 4) is 0 Å². The number of hydrogen-bond donors (Lipinski definition) is 2. The Morgan fingerprint density at radius 3 is 2.40 bits per heavy atom.